The van der Waals surface area contributed by atoms with E-state index in [-0.39, 0.29) is 24.9 Å². The van der Waals surface area contributed by atoms with E-state index < -0.39 is 11.9 Å². The van der Waals surface area contributed by atoms with Crippen molar-refractivity contribution >= 4 is 5.91 Å². The number of fused-ring (bicyclic) bond motifs is 1. The van der Waals surface area contributed by atoms with Crippen LogP contribution in [0.1, 0.15) is 93.6 Å². The van der Waals surface area contributed by atoms with Gasteiger partial charge in [-0.3, -0.25) is 9.48 Å². The number of aromatic nitrogens is 2. The summed E-state index contributed by atoms with van der Waals surface area (Å²) in [6.45, 7) is 0.651. The summed E-state index contributed by atoms with van der Waals surface area (Å²) in [4.78, 5) is 14.6. The van der Waals surface area contributed by atoms with E-state index in [1.54, 1.807) is 9.58 Å². The topological polar surface area (TPSA) is 38.1 Å². The molecule has 0 unspecified atom stereocenters. The van der Waals surface area contributed by atoms with Crippen LogP contribution < -0.4 is 0 Å². The highest BCUT2D eigenvalue weighted by Gasteiger charge is 2.42. The Morgan fingerprint density at radius 3 is 2.29 bits per heavy atom. The third kappa shape index (κ3) is 4.08. The van der Waals surface area contributed by atoms with Crippen LogP contribution in [0.15, 0.2) is 0 Å². The number of hydrogen-bond donors (Lipinski definition) is 0. The van der Waals surface area contributed by atoms with Crippen molar-refractivity contribution in [2.75, 3.05) is 6.54 Å². The maximum atomic E-state index is 13.6. The Morgan fingerprint density at radius 1 is 1.00 bits per heavy atom. The Labute approximate surface area is 164 Å². The first-order chi connectivity index (χ1) is 13.4. The average Bonchev–Trinajstić information content (AvgIpc) is 3.09. The zero-order chi connectivity index (χ0) is 19.7. The molecule has 7 heteroatoms. The van der Waals surface area contributed by atoms with E-state index in [0.717, 1.165) is 44.9 Å². The summed E-state index contributed by atoms with van der Waals surface area (Å²) >= 11 is 0. The van der Waals surface area contributed by atoms with E-state index in [0.29, 0.717) is 30.1 Å². The van der Waals surface area contributed by atoms with Crippen molar-refractivity contribution in [3.05, 3.63) is 17.0 Å². The number of hydrogen-bond acceptors (Lipinski definition) is 2. The number of amides is 1. The Bertz CT molecular complexity index is 700. The molecule has 0 N–H and O–H groups in total. The van der Waals surface area contributed by atoms with Crippen molar-refractivity contribution in [2.24, 2.45) is 5.92 Å². The van der Waals surface area contributed by atoms with Crippen molar-refractivity contribution in [1.29, 1.82) is 0 Å². The number of carbonyl (C=O) groups excluding carboxylic acids is 1. The van der Waals surface area contributed by atoms with Gasteiger partial charge in [0.2, 0.25) is 5.91 Å². The van der Waals surface area contributed by atoms with Gasteiger partial charge in [0.1, 0.15) is 0 Å². The zero-order valence-corrected chi connectivity index (χ0v) is 16.4. The van der Waals surface area contributed by atoms with Gasteiger partial charge in [0.05, 0.1) is 18.3 Å². The first-order valence-corrected chi connectivity index (χ1v) is 10.9. The van der Waals surface area contributed by atoms with E-state index in [2.05, 4.69) is 5.10 Å². The third-order valence-electron chi connectivity index (χ3n) is 6.82. The molecule has 1 aliphatic heterocycles. The van der Waals surface area contributed by atoms with Gasteiger partial charge in [0, 0.05) is 18.5 Å². The maximum Gasteiger partial charge on any atom is 0.435 e. The first kappa shape index (κ1) is 19.8. The molecule has 0 radical (unpaired) electrons. The van der Waals surface area contributed by atoms with Crippen molar-refractivity contribution in [1.82, 2.24) is 14.7 Å². The highest BCUT2D eigenvalue weighted by Crippen LogP contribution is 2.39. The third-order valence-corrected chi connectivity index (χ3v) is 6.82. The first-order valence-electron chi connectivity index (χ1n) is 10.9. The lowest BCUT2D eigenvalue weighted by Crippen LogP contribution is -2.38. The molecule has 156 valence electrons. The quantitative estimate of drug-likeness (QED) is 0.698. The van der Waals surface area contributed by atoms with Crippen LogP contribution >= 0.6 is 0 Å². The van der Waals surface area contributed by atoms with Crippen LogP contribution in [-0.2, 0) is 23.9 Å². The van der Waals surface area contributed by atoms with Gasteiger partial charge in [0.25, 0.3) is 0 Å². The predicted octanol–water partition coefficient (Wildman–Crippen LogP) is 5.26. The summed E-state index contributed by atoms with van der Waals surface area (Å²) in [5, 5.41) is 4.05. The van der Waals surface area contributed by atoms with Gasteiger partial charge >= 0.3 is 6.18 Å². The fraction of sp³-hybridized carbons (Fsp3) is 0.810. The predicted molar refractivity (Wildman–Crippen MR) is 99.7 cm³/mol. The molecule has 0 bridgehead atoms. The number of nitrogens with zero attached hydrogens (tertiary/aromatic N) is 3. The molecule has 0 saturated heterocycles. The Hall–Kier alpha value is -1.53. The SMILES string of the molecule is O=C(CC1CCCCC1)N1CCc2c(C(F)(F)F)nn(C3CCCCC3)c2C1. The smallest absolute Gasteiger partial charge is 0.336 e. The van der Waals surface area contributed by atoms with Crippen molar-refractivity contribution < 1.29 is 18.0 Å². The molecule has 1 aromatic rings. The van der Waals surface area contributed by atoms with Crippen LogP contribution in [0.2, 0.25) is 0 Å². The molecule has 1 aromatic heterocycles. The molecular weight excluding hydrogens is 367 g/mol. The van der Waals surface area contributed by atoms with Crippen LogP contribution in [0.5, 0.6) is 0 Å². The summed E-state index contributed by atoms with van der Waals surface area (Å²) in [6, 6.07) is 0.0343. The van der Waals surface area contributed by atoms with E-state index in [1.165, 1.54) is 19.3 Å². The summed E-state index contributed by atoms with van der Waals surface area (Å²) in [7, 11) is 0. The number of halogens is 3. The summed E-state index contributed by atoms with van der Waals surface area (Å²) < 4.78 is 42.3. The van der Waals surface area contributed by atoms with Crippen LogP contribution in [0, 0.1) is 5.92 Å². The highest BCUT2D eigenvalue weighted by molar-refractivity contribution is 5.76. The van der Waals surface area contributed by atoms with Crippen molar-refractivity contribution in [3.8, 4) is 0 Å². The number of carbonyl (C=O) groups is 1. The minimum Gasteiger partial charge on any atom is -0.336 e. The van der Waals surface area contributed by atoms with Gasteiger partial charge in [-0.25, -0.2) is 0 Å². The molecule has 4 rings (SSSR count). The van der Waals surface area contributed by atoms with Gasteiger partial charge in [-0.15, -0.1) is 0 Å². The highest BCUT2D eigenvalue weighted by atomic mass is 19.4. The van der Waals surface area contributed by atoms with Gasteiger partial charge in [-0.1, -0.05) is 38.5 Å². The second-order valence-electron chi connectivity index (χ2n) is 8.78. The summed E-state index contributed by atoms with van der Waals surface area (Å²) in [6.07, 6.45) is 7.14. The van der Waals surface area contributed by atoms with E-state index in [1.807, 2.05) is 0 Å². The van der Waals surface area contributed by atoms with E-state index in [4.69, 9.17) is 0 Å². The molecule has 3 aliphatic rings. The second kappa shape index (κ2) is 8.07. The average molecular weight is 397 g/mol. The zero-order valence-electron chi connectivity index (χ0n) is 16.4. The van der Waals surface area contributed by atoms with Crippen LogP contribution in [0.25, 0.3) is 0 Å². The van der Waals surface area contributed by atoms with E-state index in [9.17, 15) is 18.0 Å². The van der Waals surface area contributed by atoms with Crippen LogP contribution in [-0.4, -0.2) is 27.1 Å². The Morgan fingerprint density at radius 2 is 1.64 bits per heavy atom. The molecular formula is C21H30F3N3O. The molecule has 0 atom stereocenters. The molecule has 4 nitrogen and oxygen atoms in total. The van der Waals surface area contributed by atoms with Gasteiger partial charge < -0.3 is 4.90 Å². The van der Waals surface area contributed by atoms with Crippen LogP contribution in [0.3, 0.4) is 0 Å². The summed E-state index contributed by atoms with van der Waals surface area (Å²) in [5.74, 6) is 0.541. The fourth-order valence-corrected chi connectivity index (χ4v) is 5.28. The largest absolute Gasteiger partial charge is 0.435 e. The minimum atomic E-state index is -4.43. The molecule has 1 amide bonds. The lowest BCUT2D eigenvalue weighted by Gasteiger charge is -2.32. The Kier molecular flexibility index (Phi) is 5.70. The van der Waals surface area contributed by atoms with Gasteiger partial charge in [-0.05, 0) is 38.0 Å². The molecule has 0 aromatic carbocycles. The standard InChI is InChI=1S/C21H30F3N3O/c22-21(23,24)20-17-11-12-26(19(28)13-15-7-3-1-4-8-15)14-18(17)27(25-20)16-9-5-2-6-10-16/h15-16H,1-14H2. The summed E-state index contributed by atoms with van der Waals surface area (Å²) in [5.41, 5.74) is 0.217. The van der Waals surface area contributed by atoms with E-state index >= 15 is 0 Å². The molecule has 2 heterocycles. The van der Waals surface area contributed by atoms with Crippen molar-refractivity contribution in [2.45, 2.75) is 95.8 Å². The minimum absolute atomic E-state index is 0.0343. The monoisotopic (exact) mass is 397 g/mol. The maximum absolute atomic E-state index is 13.6. The molecule has 2 saturated carbocycles. The normalized spacial score (nSPS) is 22.3. The fourth-order valence-electron chi connectivity index (χ4n) is 5.28. The number of alkyl halides is 3. The van der Waals surface area contributed by atoms with Gasteiger partial charge in [-0.2, -0.15) is 18.3 Å². The molecule has 28 heavy (non-hydrogen) atoms. The second-order valence-corrected chi connectivity index (χ2v) is 8.78. The lowest BCUT2D eigenvalue weighted by atomic mass is 9.86. The number of rotatable bonds is 3. The van der Waals surface area contributed by atoms with Gasteiger partial charge in [0.15, 0.2) is 5.69 Å². The van der Waals surface area contributed by atoms with Crippen LogP contribution in [0.4, 0.5) is 13.2 Å². The Balaban J connectivity index is 1.55. The lowest BCUT2D eigenvalue weighted by molar-refractivity contribution is -0.142. The molecule has 2 fully saturated rings. The molecule has 0 spiro atoms. The van der Waals surface area contributed by atoms with Crippen molar-refractivity contribution in [3.63, 3.8) is 0 Å². The molecule has 2 aliphatic carbocycles.